The number of aromatic nitrogens is 2. The Hall–Kier alpha value is -3.50. The summed E-state index contributed by atoms with van der Waals surface area (Å²) >= 11 is 0. The molecule has 0 saturated heterocycles. The van der Waals surface area contributed by atoms with Gasteiger partial charge >= 0.3 is 0 Å². The largest absolute Gasteiger partial charge is 0.342 e. The summed E-state index contributed by atoms with van der Waals surface area (Å²) in [6.07, 6.45) is 3.38. The maximum Gasteiger partial charge on any atom is 0.254 e. The molecule has 5 rings (SSSR count). The predicted octanol–water partition coefficient (Wildman–Crippen LogP) is 3.12. The van der Waals surface area contributed by atoms with Gasteiger partial charge in [0.15, 0.2) is 5.82 Å². The van der Waals surface area contributed by atoms with Gasteiger partial charge in [-0.2, -0.15) is 4.98 Å². The highest BCUT2D eigenvalue weighted by Crippen LogP contribution is 2.39. The van der Waals surface area contributed by atoms with Crippen molar-refractivity contribution in [2.75, 3.05) is 29.2 Å². The van der Waals surface area contributed by atoms with Gasteiger partial charge in [-0.3, -0.25) is 4.79 Å². The van der Waals surface area contributed by atoms with Crippen LogP contribution in [0.4, 0.5) is 23.1 Å². The van der Waals surface area contributed by atoms with Crippen LogP contribution in [0.2, 0.25) is 0 Å². The summed E-state index contributed by atoms with van der Waals surface area (Å²) < 4.78 is 27.4. The molecule has 1 fully saturated rings. The molecule has 0 radical (unpaired) electrons. The standard InChI is InChI=1S/C24H26N6O3S/c1-15-6-4-5-7-19(15)21-23(31)29(2)20-14-25-24(27-22(20)30(21)3)26-16-10-12-18(13-11-16)34(32,33)28-17-8-9-17/h4-7,10-14,17,21,28H,8-9H2,1-3H3,(H,25,26,27). The van der Waals surface area contributed by atoms with Crippen molar-refractivity contribution in [1.82, 2.24) is 14.7 Å². The average Bonchev–Trinajstić information content (AvgIpc) is 3.63. The lowest BCUT2D eigenvalue weighted by Crippen LogP contribution is -2.45. The highest BCUT2D eigenvalue weighted by Gasteiger charge is 2.37. The third-order valence-corrected chi connectivity index (χ3v) is 7.74. The number of fused-ring (bicyclic) bond motifs is 1. The summed E-state index contributed by atoms with van der Waals surface area (Å²) in [6, 6.07) is 13.9. The lowest BCUT2D eigenvalue weighted by atomic mass is 9.97. The highest BCUT2D eigenvalue weighted by atomic mass is 32.2. The molecule has 2 N–H and O–H groups in total. The molecule has 0 spiro atoms. The van der Waals surface area contributed by atoms with E-state index in [0.29, 0.717) is 23.1 Å². The Labute approximate surface area is 198 Å². The van der Waals surface area contributed by atoms with E-state index in [2.05, 4.69) is 20.0 Å². The van der Waals surface area contributed by atoms with Crippen LogP contribution >= 0.6 is 0 Å². The molecule has 10 heteroatoms. The third-order valence-electron chi connectivity index (χ3n) is 6.20. The fourth-order valence-electron chi connectivity index (χ4n) is 4.08. The summed E-state index contributed by atoms with van der Waals surface area (Å²) in [7, 11) is 0.0717. The average molecular weight is 479 g/mol. The van der Waals surface area contributed by atoms with Crippen LogP contribution in [-0.2, 0) is 14.8 Å². The van der Waals surface area contributed by atoms with Gasteiger partial charge in [0.05, 0.1) is 11.1 Å². The Kier molecular flexibility index (Phi) is 5.49. The zero-order valence-electron chi connectivity index (χ0n) is 19.2. The number of nitrogens with zero attached hydrogens (tertiary/aromatic N) is 4. The van der Waals surface area contributed by atoms with Crippen LogP contribution in [0.5, 0.6) is 0 Å². The van der Waals surface area contributed by atoms with E-state index in [9.17, 15) is 13.2 Å². The number of carbonyl (C=O) groups excluding carboxylic acids is 1. The first-order valence-corrected chi connectivity index (χ1v) is 12.6. The number of aryl methyl sites for hydroxylation is 1. The predicted molar refractivity (Wildman–Crippen MR) is 131 cm³/mol. The first-order valence-electron chi connectivity index (χ1n) is 11.1. The van der Waals surface area contributed by atoms with E-state index < -0.39 is 16.1 Å². The second-order valence-electron chi connectivity index (χ2n) is 8.71. The maximum atomic E-state index is 13.2. The maximum absolute atomic E-state index is 13.2. The van der Waals surface area contributed by atoms with Crippen LogP contribution in [0, 0.1) is 6.92 Å². The number of sulfonamides is 1. The molecule has 1 aliphatic heterocycles. The van der Waals surface area contributed by atoms with Gasteiger partial charge in [0, 0.05) is 25.8 Å². The molecule has 1 saturated carbocycles. The summed E-state index contributed by atoms with van der Waals surface area (Å²) in [4.78, 5) is 25.9. The molecule has 0 bridgehead atoms. The van der Waals surface area contributed by atoms with Crippen LogP contribution in [0.15, 0.2) is 59.6 Å². The van der Waals surface area contributed by atoms with Crippen LogP contribution < -0.4 is 19.8 Å². The number of benzene rings is 2. The monoisotopic (exact) mass is 478 g/mol. The lowest BCUT2D eigenvalue weighted by molar-refractivity contribution is -0.120. The molecule has 1 atom stereocenters. The minimum absolute atomic E-state index is 0.0507. The minimum Gasteiger partial charge on any atom is -0.342 e. The van der Waals surface area contributed by atoms with E-state index in [1.165, 1.54) is 0 Å². The van der Waals surface area contributed by atoms with Crippen molar-refractivity contribution in [2.24, 2.45) is 0 Å². The van der Waals surface area contributed by atoms with E-state index in [4.69, 9.17) is 0 Å². The highest BCUT2D eigenvalue weighted by molar-refractivity contribution is 7.89. The van der Waals surface area contributed by atoms with E-state index in [1.807, 2.05) is 43.1 Å². The molecule has 176 valence electrons. The lowest BCUT2D eigenvalue weighted by Gasteiger charge is -2.39. The molecule has 1 aromatic heterocycles. The van der Waals surface area contributed by atoms with Gasteiger partial charge in [0.25, 0.3) is 5.91 Å². The SMILES string of the molecule is Cc1ccccc1C1C(=O)N(C)c2cnc(Nc3ccc(S(=O)(=O)NC4CC4)cc3)nc2N1C. The van der Waals surface area contributed by atoms with Crippen molar-refractivity contribution in [3.63, 3.8) is 0 Å². The van der Waals surface area contributed by atoms with E-state index >= 15 is 0 Å². The summed E-state index contributed by atoms with van der Waals surface area (Å²) in [5, 5.41) is 3.13. The van der Waals surface area contributed by atoms with Crippen LogP contribution in [-0.4, -0.2) is 44.4 Å². The first-order chi connectivity index (χ1) is 16.2. The molecule has 2 aromatic carbocycles. The van der Waals surface area contributed by atoms with Crippen LogP contribution in [0.1, 0.15) is 30.0 Å². The molecular weight excluding hydrogens is 452 g/mol. The fraction of sp³-hybridized carbons (Fsp3) is 0.292. The van der Waals surface area contributed by atoms with Gasteiger partial charge in [0.2, 0.25) is 16.0 Å². The number of hydrogen-bond acceptors (Lipinski definition) is 7. The van der Waals surface area contributed by atoms with Gasteiger partial charge in [-0.1, -0.05) is 24.3 Å². The Balaban J connectivity index is 1.41. The van der Waals surface area contributed by atoms with E-state index in [0.717, 1.165) is 24.0 Å². The third kappa shape index (κ3) is 4.10. The summed E-state index contributed by atoms with van der Waals surface area (Å²) in [5.41, 5.74) is 3.24. The molecule has 2 heterocycles. The van der Waals surface area contributed by atoms with Crippen molar-refractivity contribution >= 4 is 39.1 Å². The topological polar surface area (TPSA) is 108 Å². The van der Waals surface area contributed by atoms with Gasteiger partial charge < -0.3 is 15.1 Å². The Morgan fingerprint density at radius 1 is 1.03 bits per heavy atom. The van der Waals surface area contributed by atoms with Gasteiger partial charge in [-0.25, -0.2) is 18.1 Å². The number of likely N-dealkylation sites (N-methyl/N-ethyl adjacent to an activating group) is 2. The van der Waals surface area contributed by atoms with Crippen molar-refractivity contribution < 1.29 is 13.2 Å². The number of rotatable bonds is 6. The molecule has 1 amide bonds. The van der Waals surface area contributed by atoms with Crippen LogP contribution in [0.3, 0.4) is 0 Å². The fourth-order valence-corrected chi connectivity index (χ4v) is 5.39. The zero-order chi connectivity index (χ0) is 24.0. The van der Waals surface area contributed by atoms with Crippen molar-refractivity contribution in [2.45, 2.75) is 36.7 Å². The van der Waals surface area contributed by atoms with Gasteiger partial charge in [-0.05, 0) is 55.2 Å². The van der Waals surface area contributed by atoms with Crippen molar-refractivity contribution in [1.29, 1.82) is 0 Å². The van der Waals surface area contributed by atoms with Gasteiger partial charge in [-0.15, -0.1) is 0 Å². The van der Waals surface area contributed by atoms with Crippen molar-refractivity contribution in [3.05, 3.63) is 65.9 Å². The smallest absolute Gasteiger partial charge is 0.254 e. The second-order valence-corrected chi connectivity index (χ2v) is 10.4. The summed E-state index contributed by atoms with van der Waals surface area (Å²) in [6.45, 7) is 1.99. The number of hydrogen-bond donors (Lipinski definition) is 2. The van der Waals surface area contributed by atoms with Gasteiger partial charge in [0.1, 0.15) is 11.7 Å². The molecule has 1 aliphatic carbocycles. The molecular formula is C24H26N6O3S. The molecule has 9 nitrogen and oxygen atoms in total. The Bertz CT molecular complexity index is 1360. The summed E-state index contributed by atoms with van der Waals surface area (Å²) in [5.74, 6) is 0.925. The first kappa shape index (κ1) is 22.3. The molecule has 3 aromatic rings. The number of amides is 1. The molecule has 2 aliphatic rings. The van der Waals surface area contributed by atoms with Crippen molar-refractivity contribution in [3.8, 4) is 0 Å². The minimum atomic E-state index is -3.51. The normalized spacial score (nSPS) is 18.1. The van der Waals surface area contributed by atoms with E-state index in [-0.39, 0.29) is 16.8 Å². The number of carbonyl (C=O) groups is 1. The zero-order valence-corrected chi connectivity index (χ0v) is 20.0. The number of nitrogens with one attached hydrogen (secondary N) is 2. The van der Waals surface area contributed by atoms with Crippen LogP contribution in [0.25, 0.3) is 0 Å². The Morgan fingerprint density at radius 3 is 2.41 bits per heavy atom. The molecule has 34 heavy (non-hydrogen) atoms. The molecule has 1 unspecified atom stereocenters. The Morgan fingerprint density at radius 2 is 1.74 bits per heavy atom. The van der Waals surface area contributed by atoms with E-state index in [1.54, 1.807) is 42.4 Å². The quantitative estimate of drug-likeness (QED) is 0.560. The number of anilines is 4. The second kappa shape index (κ2) is 8.37.